The molecule has 22 heavy (non-hydrogen) atoms. The minimum absolute atomic E-state index is 0. The van der Waals surface area contributed by atoms with E-state index in [1.165, 1.54) is 0 Å². The van der Waals surface area contributed by atoms with E-state index in [4.69, 9.17) is 5.73 Å². The van der Waals surface area contributed by atoms with Crippen molar-refractivity contribution in [3.63, 3.8) is 0 Å². The molecule has 2 rings (SSSR count). The Kier molecular flexibility index (Phi) is 7.18. The number of amides is 2. The minimum Gasteiger partial charge on any atom is -0.330 e. The van der Waals surface area contributed by atoms with Crippen molar-refractivity contribution in [1.82, 2.24) is 14.7 Å². The highest BCUT2D eigenvalue weighted by Crippen LogP contribution is 2.16. The molecule has 7 nitrogen and oxygen atoms in total. The molecular weight excluding hydrogens is 326 g/mol. The lowest BCUT2D eigenvalue weighted by Gasteiger charge is -2.34. The number of rotatable bonds is 5. The molecule has 2 heterocycles. The lowest BCUT2D eigenvalue weighted by molar-refractivity contribution is -0.137. The Morgan fingerprint density at radius 1 is 1.50 bits per heavy atom. The number of halogens is 1. The molecule has 1 aliphatic heterocycles. The van der Waals surface area contributed by atoms with E-state index in [1.54, 1.807) is 45.7 Å². The van der Waals surface area contributed by atoms with Gasteiger partial charge >= 0.3 is 0 Å². The number of piperazine rings is 1. The summed E-state index contributed by atoms with van der Waals surface area (Å²) >= 11 is 1.66. The highest BCUT2D eigenvalue weighted by atomic mass is 35.5. The van der Waals surface area contributed by atoms with Gasteiger partial charge in [0.1, 0.15) is 6.54 Å². The third-order valence-electron chi connectivity index (χ3n) is 3.49. The molecule has 1 aromatic rings. The second-order valence-electron chi connectivity index (χ2n) is 5.07. The number of nitrogens with zero attached hydrogens (tertiary/aromatic N) is 4. The van der Waals surface area contributed by atoms with Crippen molar-refractivity contribution < 1.29 is 9.59 Å². The summed E-state index contributed by atoms with van der Waals surface area (Å²) in [7, 11) is 1.80. The Morgan fingerprint density at radius 3 is 2.77 bits per heavy atom. The Labute approximate surface area is 140 Å². The van der Waals surface area contributed by atoms with Crippen molar-refractivity contribution in [1.29, 1.82) is 0 Å². The smallest absolute Gasteiger partial charge is 0.246 e. The van der Waals surface area contributed by atoms with Gasteiger partial charge in [-0.05, 0) is 18.4 Å². The average molecular weight is 348 g/mol. The normalized spacial score (nSPS) is 16.4. The molecule has 1 aliphatic rings. The summed E-state index contributed by atoms with van der Waals surface area (Å²) in [6.45, 7) is 1.07. The largest absolute Gasteiger partial charge is 0.330 e. The van der Waals surface area contributed by atoms with Crippen molar-refractivity contribution in [2.24, 2.45) is 12.8 Å². The molecule has 2 N–H and O–H groups in total. The molecule has 2 amide bonds. The van der Waals surface area contributed by atoms with Crippen LogP contribution in [-0.2, 0) is 16.6 Å². The van der Waals surface area contributed by atoms with Crippen molar-refractivity contribution in [2.75, 3.05) is 36.5 Å². The first-order valence-electron chi connectivity index (χ1n) is 6.85. The molecule has 9 heteroatoms. The first-order valence-corrected chi connectivity index (χ1v) is 8.24. The number of carbonyl (C=O) groups excluding carboxylic acids is 2. The zero-order valence-corrected chi connectivity index (χ0v) is 14.4. The quantitative estimate of drug-likeness (QED) is 0.816. The van der Waals surface area contributed by atoms with Crippen LogP contribution in [0, 0.1) is 0 Å². The van der Waals surface area contributed by atoms with Crippen LogP contribution in [0.4, 0.5) is 5.69 Å². The van der Waals surface area contributed by atoms with Gasteiger partial charge in [0, 0.05) is 26.3 Å². The molecule has 1 fully saturated rings. The molecule has 1 atom stereocenters. The number of aromatic nitrogens is 2. The van der Waals surface area contributed by atoms with Gasteiger partial charge in [-0.1, -0.05) is 0 Å². The SMILES string of the molecule is CSCC[C@H](N)C(=O)N1CCN(c2cnn(C)c2)C(=O)C1.Cl. The standard InChI is InChI=1S/C13H21N5O2S.ClH/c1-16-8-10(7-15-16)18-5-4-17(9-12(18)19)13(20)11(14)3-6-21-2;/h7-8,11H,3-6,9,14H2,1-2H3;1H/t11-;/m0./s1. The first-order chi connectivity index (χ1) is 10.0. The maximum atomic E-state index is 12.2. The van der Waals surface area contributed by atoms with E-state index in [0.29, 0.717) is 19.5 Å². The van der Waals surface area contributed by atoms with Crippen LogP contribution in [0.2, 0.25) is 0 Å². The lowest BCUT2D eigenvalue weighted by Crippen LogP contribution is -2.55. The van der Waals surface area contributed by atoms with E-state index < -0.39 is 6.04 Å². The van der Waals surface area contributed by atoms with E-state index in [0.717, 1.165) is 11.4 Å². The fourth-order valence-electron chi connectivity index (χ4n) is 2.28. The van der Waals surface area contributed by atoms with E-state index in [-0.39, 0.29) is 30.8 Å². The molecular formula is C13H22ClN5O2S. The Morgan fingerprint density at radius 2 is 2.23 bits per heavy atom. The number of hydrogen-bond donors (Lipinski definition) is 1. The highest BCUT2D eigenvalue weighted by molar-refractivity contribution is 7.98. The Bertz CT molecular complexity index is 524. The van der Waals surface area contributed by atoms with Gasteiger partial charge in [0.15, 0.2) is 0 Å². The molecule has 0 bridgehead atoms. The molecule has 0 radical (unpaired) electrons. The van der Waals surface area contributed by atoms with E-state index in [9.17, 15) is 9.59 Å². The van der Waals surface area contributed by atoms with Crippen LogP contribution in [-0.4, -0.2) is 64.2 Å². The number of carbonyl (C=O) groups is 2. The van der Waals surface area contributed by atoms with Crippen LogP contribution in [0.5, 0.6) is 0 Å². The fraction of sp³-hybridized carbons (Fsp3) is 0.615. The van der Waals surface area contributed by atoms with Gasteiger partial charge in [0.05, 0.1) is 17.9 Å². The predicted molar refractivity (Wildman–Crippen MR) is 90.4 cm³/mol. The van der Waals surface area contributed by atoms with Crippen molar-refractivity contribution in [2.45, 2.75) is 12.5 Å². The first kappa shape index (κ1) is 18.8. The van der Waals surface area contributed by atoms with Gasteiger partial charge in [0.25, 0.3) is 0 Å². The molecule has 0 spiro atoms. The van der Waals surface area contributed by atoms with E-state index >= 15 is 0 Å². The lowest BCUT2D eigenvalue weighted by atomic mass is 10.2. The van der Waals surface area contributed by atoms with Crippen LogP contribution in [0.3, 0.4) is 0 Å². The zero-order chi connectivity index (χ0) is 15.4. The number of anilines is 1. The fourth-order valence-corrected chi connectivity index (χ4v) is 2.77. The Hall–Kier alpha value is -1.25. The van der Waals surface area contributed by atoms with Crippen LogP contribution >= 0.6 is 24.2 Å². The van der Waals surface area contributed by atoms with Crippen molar-refractivity contribution >= 4 is 41.7 Å². The molecule has 0 saturated carbocycles. The Balaban J connectivity index is 0.00000242. The van der Waals surface area contributed by atoms with Crippen molar-refractivity contribution in [3.8, 4) is 0 Å². The molecule has 124 valence electrons. The summed E-state index contributed by atoms with van der Waals surface area (Å²) in [5.74, 6) is 0.610. The minimum atomic E-state index is -0.518. The van der Waals surface area contributed by atoms with Gasteiger partial charge in [-0.3, -0.25) is 14.3 Å². The second kappa shape index (κ2) is 8.40. The summed E-state index contributed by atoms with van der Waals surface area (Å²) in [6, 6.07) is -0.518. The van der Waals surface area contributed by atoms with E-state index in [2.05, 4.69) is 5.10 Å². The summed E-state index contributed by atoms with van der Waals surface area (Å²) in [5, 5.41) is 4.06. The van der Waals surface area contributed by atoms with Crippen molar-refractivity contribution in [3.05, 3.63) is 12.4 Å². The summed E-state index contributed by atoms with van der Waals surface area (Å²) in [4.78, 5) is 27.6. The van der Waals surface area contributed by atoms with Gasteiger partial charge in [-0.15, -0.1) is 12.4 Å². The number of hydrogen-bond acceptors (Lipinski definition) is 5. The number of aryl methyl sites for hydroxylation is 1. The molecule has 0 unspecified atom stereocenters. The molecule has 0 aromatic carbocycles. The van der Waals surface area contributed by atoms with Crippen LogP contribution in [0.15, 0.2) is 12.4 Å². The maximum Gasteiger partial charge on any atom is 0.246 e. The van der Waals surface area contributed by atoms with Gasteiger partial charge < -0.3 is 15.5 Å². The summed E-state index contributed by atoms with van der Waals surface area (Å²) in [5.41, 5.74) is 6.65. The van der Waals surface area contributed by atoms with Crippen LogP contribution in [0.1, 0.15) is 6.42 Å². The maximum absolute atomic E-state index is 12.2. The summed E-state index contributed by atoms with van der Waals surface area (Å²) in [6.07, 6.45) is 6.06. The van der Waals surface area contributed by atoms with Gasteiger partial charge in [-0.25, -0.2) is 0 Å². The third-order valence-corrected chi connectivity index (χ3v) is 4.13. The summed E-state index contributed by atoms with van der Waals surface area (Å²) < 4.78 is 1.65. The monoisotopic (exact) mass is 347 g/mol. The molecule has 1 aromatic heterocycles. The third kappa shape index (κ3) is 4.37. The van der Waals surface area contributed by atoms with Crippen LogP contribution in [0.25, 0.3) is 0 Å². The van der Waals surface area contributed by atoms with Crippen LogP contribution < -0.4 is 10.6 Å². The zero-order valence-electron chi connectivity index (χ0n) is 12.8. The van der Waals surface area contributed by atoms with E-state index in [1.807, 2.05) is 6.26 Å². The number of thioether (sulfide) groups is 1. The topological polar surface area (TPSA) is 84.5 Å². The number of nitrogens with two attached hydrogens (primary N) is 1. The second-order valence-corrected chi connectivity index (χ2v) is 6.05. The average Bonchev–Trinajstić information content (AvgIpc) is 2.90. The van der Waals surface area contributed by atoms with Gasteiger partial charge in [-0.2, -0.15) is 16.9 Å². The highest BCUT2D eigenvalue weighted by Gasteiger charge is 2.30. The molecule has 0 aliphatic carbocycles. The van der Waals surface area contributed by atoms with Gasteiger partial charge in [0.2, 0.25) is 11.8 Å². The molecule has 1 saturated heterocycles. The predicted octanol–water partition coefficient (Wildman–Crippen LogP) is 0.0975.